The van der Waals surface area contributed by atoms with Crippen LogP contribution < -0.4 is 5.32 Å². The summed E-state index contributed by atoms with van der Waals surface area (Å²) in [7, 11) is 0. The highest BCUT2D eigenvalue weighted by Crippen LogP contribution is 2.39. The van der Waals surface area contributed by atoms with Gasteiger partial charge in [0.2, 0.25) is 5.91 Å². The third-order valence-corrected chi connectivity index (χ3v) is 4.41. The molecule has 7 heteroatoms. The molecule has 0 saturated heterocycles. The van der Waals surface area contributed by atoms with Gasteiger partial charge in [0.05, 0.1) is 11.6 Å². The molecule has 0 atom stereocenters. The summed E-state index contributed by atoms with van der Waals surface area (Å²) in [5.74, 6) is -2.49. The van der Waals surface area contributed by atoms with Crippen LogP contribution >= 0.6 is 15.9 Å². The van der Waals surface area contributed by atoms with Crippen LogP contribution in [0.3, 0.4) is 0 Å². The smallest absolute Gasteiger partial charge is 0.325 e. The minimum atomic E-state index is -4.18. The maximum atomic E-state index is 12.9. The highest BCUT2D eigenvalue weighted by atomic mass is 79.9. The van der Waals surface area contributed by atoms with E-state index in [1.165, 1.54) is 18.2 Å². The number of benzene rings is 1. The van der Waals surface area contributed by atoms with Crippen LogP contribution in [0.1, 0.15) is 25.7 Å². The third-order valence-electron chi connectivity index (χ3n) is 3.75. The average Bonchev–Trinajstić information content (AvgIpc) is 2.41. The molecule has 0 radical (unpaired) electrons. The van der Waals surface area contributed by atoms with Crippen molar-refractivity contribution in [2.75, 3.05) is 5.32 Å². The van der Waals surface area contributed by atoms with Gasteiger partial charge in [0.1, 0.15) is 5.82 Å². The Morgan fingerprint density at radius 1 is 1.19 bits per heavy atom. The summed E-state index contributed by atoms with van der Waals surface area (Å²) in [5.41, 5.74) is 0.416. The zero-order valence-corrected chi connectivity index (χ0v) is 12.6. The number of hydrogen-bond acceptors (Lipinski definition) is 1. The fraction of sp³-hybridized carbons (Fsp3) is 0.500. The third kappa shape index (κ3) is 4.18. The van der Waals surface area contributed by atoms with E-state index in [1.807, 2.05) is 0 Å². The lowest BCUT2D eigenvalue weighted by molar-refractivity contribution is -0.184. The molecule has 1 fully saturated rings. The second kappa shape index (κ2) is 6.34. The van der Waals surface area contributed by atoms with Gasteiger partial charge in [-0.1, -0.05) is 0 Å². The molecule has 0 spiro atoms. The van der Waals surface area contributed by atoms with Gasteiger partial charge < -0.3 is 5.32 Å². The first-order valence-electron chi connectivity index (χ1n) is 6.60. The molecule has 116 valence electrons. The average molecular weight is 368 g/mol. The van der Waals surface area contributed by atoms with Gasteiger partial charge in [0.15, 0.2) is 0 Å². The second-order valence-electron chi connectivity index (χ2n) is 5.20. The van der Waals surface area contributed by atoms with Gasteiger partial charge in [-0.3, -0.25) is 4.79 Å². The van der Waals surface area contributed by atoms with Gasteiger partial charge >= 0.3 is 6.18 Å². The molecular formula is C14H14BrF4NO. The monoisotopic (exact) mass is 367 g/mol. The quantitative estimate of drug-likeness (QED) is 0.740. The summed E-state index contributed by atoms with van der Waals surface area (Å²) in [6.45, 7) is 0. The molecule has 1 saturated carbocycles. The Morgan fingerprint density at radius 3 is 2.33 bits per heavy atom. The molecule has 0 bridgehead atoms. The molecule has 0 heterocycles. The molecular weight excluding hydrogens is 354 g/mol. The largest absolute Gasteiger partial charge is 0.391 e. The van der Waals surface area contributed by atoms with E-state index < -0.39 is 23.8 Å². The van der Waals surface area contributed by atoms with Gasteiger partial charge in [0.25, 0.3) is 0 Å². The van der Waals surface area contributed by atoms with Crippen molar-refractivity contribution in [1.82, 2.24) is 0 Å². The van der Waals surface area contributed by atoms with Gasteiger partial charge in [-0.25, -0.2) is 4.39 Å². The molecule has 1 aromatic carbocycles. The highest BCUT2D eigenvalue weighted by Gasteiger charge is 2.42. The fourth-order valence-electron chi connectivity index (χ4n) is 2.51. The number of anilines is 1. The molecule has 2 rings (SSSR count). The normalized spacial score (nSPS) is 22.9. The van der Waals surface area contributed by atoms with E-state index >= 15 is 0 Å². The van der Waals surface area contributed by atoms with Crippen molar-refractivity contribution in [2.24, 2.45) is 11.8 Å². The van der Waals surface area contributed by atoms with Crippen molar-refractivity contribution in [3.63, 3.8) is 0 Å². The fourth-order valence-corrected chi connectivity index (χ4v) is 2.96. The summed E-state index contributed by atoms with van der Waals surface area (Å²) >= 11 is 3.13. The molecule has 2 nitrogen and oxygen atoms in total. The maximum Gasteiger partial charge on any atom is 0.391 e. The standard InChI is InChI=1S/C14H14BrF4NO/c15-11-7-10(16)5-6-12(11)20-13(21)8-1-3-9(4-2-8)14(17,18)19/h5-9H,1-4H2,(H,20,21). The molecule has 0 aromatic heterocycles. The van der Waals surface area contributed by atoms with E-state index in [0.29, 0.717) is 10.2 Å². The number of hydrogen-bond donors (Lipinski definition) is 1. The lowest BCUT2D eigenvalue weighted by Crippen LogP contribution is -2.32. The molecule has 1 aliphatic carbocycles. The van der Waals surface area contributed by atoms with Crippen LogP contribution in [0.2, 0.25) is 0 Å². The van der Waals surface area contributed by atoms with E-state index in [2.05, 4.69) is 21.2 Å². The van der Waals surface area contributed by atoms with Crippen LogP contribution in [-0.2, 0) is 4.79 Å². The van der Waals surface area contributed by atoms with Gasteiger partial charge in [0, 0.05) is 10.4 Å². The number of carbonyl (C=O) groups is 1. The lowest BCUT2D eigenvalue weighted by atomic mass is 9.81. The Balaban J connectivity index is 1.93. The van der Waals surface area contributed by atoms with E-state index in [-0.39, 0.29) is 31.6 Å². The number of rotatable bonds is 2. The van der Waals surface area contributed by atoms with E-state index in [9.17, 15) is 22.4 Å². The van der Waals surface area contributed by atoms with Crippen molar-refractivity contribution < 1.29 is 22.4 Å². The molecule has 1 aliphatic rings. The predicted molar refractivity (Wildman–Crippen MR) is 74.2 cm³/mol. The van der Waals surface area contributed by atoms with Crippen molar-refractivity contribution in [1.29, 1.82) is 0 Å². The van der Waals surface area contributed by atoms with Gasteiger partial charge in [-0.15, -0.1) is 0 Å². The summed E-state index contributed by atoms with van der Waals surface area (Å²) in [6, 6.07) is 3.84. The SMILES string of the molecule is O=C(Nc1ccc(F)cc1Br)C1CCC(C(F)(F)F)CC1. The van der Waals surface area contributed by atoms with Crippen LogP contribution in [0.15, 0.2) is 22.7 Å². The van der Waals surface area contributed by atoms with E-state index in [0.717, 1.165) is 0 Å². The second-order valence-corrected chi connectivity index (χ2v) is 6.06. The predicted octanol–water partition coefficient (Wildman–Crippen LogP) is 4.90. The summed E-state index contributed by atoms with van der Waals surface area (Å²) < 4.78 is 51.0. The zero-order valence-electron chi connectivity index (χ0n) is 11.0. The molecule has 1 N–H and O–H groups in total. The first kappa shape index (κ1) is 16.3. The number of nitrogens with one attached hydrogen (secondary N) is 1. The summed E-state index contributed by atoms with van der Waals surface area (Å²) in [4.78, 5) is 12.1. The molecule has 0 unspecified atom stereocenters. The number of amides is 1. The lowest BCUT2D eigenvalue weighted by Gasteiger charge is -2.29. The Morgan fingerprint density at radius 2 is 1.81 bits per heavy atom. The van der Waals surface area contributed by atoms with Crippen LogP contribution in [0.25, 0.3) is 0 Å². The number of alkyl halides is 3. The van der Waals surface area contributed by atoms with E-state index in [1.54, 1.807) is 0 Å². The molecule has 0 aliphatic heterocycles. The topological polar surface area (TPSA) is 29.1 Å². The summed E-state index contributed by atoms with van der Waals surface area (Å²) in [5, 5.41) is 2.63. The van der Waals surface area contributed by atoms with Crippen molar-refractivity contribution in [3.05, 3.63) is 28.5 Å². The Hall–Kier alpha value is -1.11. The zero-order chi connectivity index (χ0) is 15.6. The Bertz CT molecular complexity index is 524. The minimum Gasteiger partial charge on any atom is -0.325 e. The maximum absolute atomic E-state index is 12.9. The van der Waals surface area contributed by atoms with Crippen LogP contribution in [0.4, 0.5) is 23.2 Å². The Kier molecular flexibility index (Phi) is 4.91. The highest BCUT2D eigenvalue weighted by molar-refractivity contribution is 9.10. The minimum absolute atomic E-state index is 0.0217. The molecule has 21 heavy (non-hydrogen) atoms. The first-order chi connectivity index (χ1) is 9.77. The Labute approximate surface area is 128 Å². The van der Waals surface area contributed by atoms with Crippen LogP contribution in [0, 0.1) is 17.7 Å². The van der Waals surface area contributed by atoms with Crippen LogP contribution in [-0.4, -0.2) is 12.1 Å². The van der Waals surface area contributed by atoms with Crippen LogP contribution in [0.5, 0.6) is 0 Å². The number of carbonyl (C=O) groups excluding carboxylic acids is 1. The summed E-state index contributed by atoms with van der Waals surface area (Å²) in [6.07, 6.45) is -3.79. The first-order valence-corrected chi connectivity index (χ1v) is 7.39. The van der Waals surface area contributed by atoms with Gasteiger partial charge in [-0.2, -0.15) is 13.2 Å². The molecule has 1 aromatic rings. The van der Waals surface area contributed by atoms with Crippen molar-refractivity contribution in [3.8, 4) is 0 Å². The van der Waals surface area contributed by atoms with Crippen molar-refractivity contribution >= 4 is 27.5 Å². The van der Waals surface area contributed by atoms with E-state index in [4.69, 9.17) is 0 Å². The van der Waals surface area contributed by atoms with Crippen molar-refractivity contribution in [2.45, 2.75) is 31.9 Å². The van der Waals surface area contributed by atoms with Gasteiger partial charge in [-0.05, 0) is 59.8 Å². The molecule has 1 amide bonds. The number of halogens is 5.